The molecule has 32 heavy (non-hydrogen) atoms. The van der Waals surface area contributed by atoms with Gasteiger partial charge in [-0.25, -0.2) is 0 Å². The van der Waals surface area contributed by atoms with E-state index in [2.05, 4.69) is 50.9 Å². The van der Waals surface area contributed by atoms with Gasteiger partial charge in [-0.2, -0.15) is 0 Å². The molecular weight excluding hydrogens is 528 g/mol. The van der Waals surface area contributed by atoms with Crippen molar-refractivity contribution in [2.45, 2.75) is 63.1 Å². The Kier molecular flexibility index (Phi) is 5.86. The van der Waals surface area contributed by atoms with Crippen LogP contribution in [0.3, 0.4) is 0 Å². The van der Waals surface area contributed by atoms with Crippen LogP contribution in [0, 0.1) is 0 Å². The molecule has 6 rings (SSSR count). The molecule has 2 N–H and O–H groups in total. The Labute approximate surface area is 207 Å². The predicted molar refractivity (Wildman–Crippen MR) is 136 cm³/mol. The number of aryl methyl sites for hydroxylation is 1. The second-order valence-corrected chi connectivity index (χ2v) is 10.9. The third-order valence-corrected chi connectivity index (χ3v) is 8.54. The standard InChI is InChI=1S/C28H28Br2O2/c1-2-3-4-5-6-7-10-18-13-14-21-22(17-18)28(32)20-12-9-8-11-19(20)27(21,31)25-23(29)15-16-24(30)26(25)28/h8-9,11-17,31-32H,2-7,10H2,1H3/t27-,28-/m0/s1. The van der Waals surface area contributed by atoms with E-state index >= 15 is 0 Å². The summed E-state index contributed by atoms with van der Waals surface area (Å²) in [6, 6.07) is 17.9. The lowest BCUT2D eigenvalue weighted by molar-refractivity contribution is 0.0481. The maximum Gasteiger partial charge on any atom is 0.142 e. The molecule has 166 valence electrons. The van der Waals surface area contributed by atoms with Crippen molar-refractivity contribution in [2.24, 2.45) is 0 Å². The van der Waals surface area contributed by atoms with Crippen LogP contribution in [0.15, 0.2) is 63.5 Å². The molecule has 3 aromatic carbocycles. The molecule has 0 unspecified atom stereocenters. The second kappa shape index (κ2) is 8.39. The van der Waals surface area contributed by atoms with Gasteiger partial charge in [-0.3, -0.25) is 0 Å². The first kappa shape index (κ1) is 22.3. The molecule has 2 nitrogen and oxygen atoms in total. The average Bonchev–Trinajstić information content (AvgIpc) is 2.80. The largest absolute Gasteiger partial charge is 0.376 e. The number of hydrogen-bond donors (Lipinski definition) is 2. The van der Waals surface area contributed by atoms with Crippen molar-refractivity contribution in [1.82, 2.24) is 0 Å². The van der Waals surface area contributed by atoms with E-state index in [0.717, 1.165) is 55.2 Å². The van der Waals surface area contributed by atoms with Crippen molar-refractivity contribution in [1.29, 1.82) is 0 Å². The Morgan fingerprint density at radius 3 is 1.81 bits per heavy atom. The number of aliphatic hydroxyl groups is 2. The summed E-state index contributed by atoms with van der Waals surface area (Å²) in [6.07, 6.45) is 8.54. The molecule has 0 fully saturated rings. The van der Waals surface area contributed by atoms with Gasteiger partial charge < -0.3 is 10.2 Å². The number of unbranched alkanes of at least 4 members (excludes halogenated alkanes) is 5. The fraction of sp³-hybridized carbons (Fsp3) is 0.357. The summed E-state index contributed by atoms with van der Waals surface area (Å²) in [5.41, 5.74) is 3.14. The van der Waals surface area contributed by atoms with E-state index in [9.17, 15) is 10.2 Å². The number of benzene rings is 3. The lowest BCUT2D eigenvalue weighted by atomic mass is 9.56. The Hall–Kier alpha value is -1.46. The minimum atomic E-state index is -1.31. The van der Waals surface area contributed by atoms with Gasteiger partial charge in [-0.15, -0.1) is 0 Å². The summed E-state index contributed by atoms with van der Waals surface area (Å²) < 4.78 is 1.60. The van der Waals surface area contributed by atoms with Crippen LogP contribution in [0.4, 0.5) is 0 Å². The molecule has 3 aliphatic rings. The van der Waals surface area contributed by atoms with Crippen LogP contribution >= 0.6 is 31.9 Å². The number of hydrogen-bond acceptors (Lipinski definition) is 2. The van der Waals surface area contributed by atoms with E-state index in [4.69, 9.17) is 0 Å². The van der Waals surface area contributed by atoms with E-state index in [0.29, 0.717) is 0 Å². The van der Waals surface area contributed by atoms with Gasteiger partial charge >= 0.3 is 0 Å². The molecular formula is C28H28Br2O2. The van der Waals surface area contributed by atoms with Crippen LogP contribution in [-0.4, -0.2) is 10.2 Å². The van der Waals surface area contributed by atoms with Gasteiger partial charge in [0.1, 0.15) is 11.2 Å². The zero-order valence-corrected chi connectivity index (χ0v) is 21.5. The van der Waals surface area contributed by atoms with E-state index in [1.165, 1.54) is 37.7 Å². The van der Waals surface area contributed by atoms with Gasteiger partial charge in [0, 0.05) is 20.1 Å². The summed E-state index contributed by atoms with van der Waals surface area (Å²) in [5.74, 6) is 0. The Morgan fingerprint density at radius 1 is 0.656 bits per heavy atom. The predicted octanol–water partition coefficient (Wildman–Crippen LogP) is 7.31. The molecule has 3 aromatic rings. The van der Waals surface area contributed by atoms with Gasteiger partial charge in [-0.1, -0.05) is 113 Å². The third-order valence-electron chi connectivity index (χ3n) is 7.22. The van der Waals surface area contributed by atoms with E-state index in [1.54, 1.807) is 0 Å². The van der Waals surface area contributed by atoms with Gasteiger partial charge in [0.05, 0.1) is 0 Å². The summed E-state index contributed by atoms with van der Waals surface area (Å²) >= 11 is 7.34. The van der Waals surface area contributed by atoms with Gasteiger partial charge in [0.15, 0.2) is 0 Å². The molecule has 3 aliphatic carbocycles. The number of halogens is 2. The van der Waals surface area contributed by atoms with Crippen LogP contribution in [-0.2, 0) is 17.6 Å². The van der Waals surface area contributed by atoms with Gasteiger partial charge in [0.25, 0.3) is 0 Å². The van der Waals surface area contributed by atoms with Crippen LogP contribution < -0.4 is 0 Å². The molecule has 2 bridgehead atoms. The van der Waals surface area contributed by atoms with Crippen molar-refractivity contribution in [3.63, 3.8) is 0 Å². The molecule has 0 radical (unpaired) electrons. The van der Waals surface area contributed by atoms with Crippen LogP contribution in [0.1, 0.15) is 84.4 Å². The first-order valence-corrected chi connectivity index (χ1v) is 13.2. The summed E-state index contributed by atoms with van der Waals surface area (Å²) in [5, 5.41) is 24.7. The zero-order valence-electron chi connectivity index (χ0n) is 18.3. The fourth-order valence-electron chi connectivity index (χ4n) is 5.67. The molecule has 0 saturated carbocycles. The zero-order chi connectivity index (χ0) is 22.5. The maximum atomic E-state index is 12.4. The van der Waals surface area contributed by atoms with E-state index in [1.807, 2.05) is 42.5 Å². The minimum absolute atomic E-state index is 0.726. The monoisotopic (exact) mass is 554 g/mol. The average molecular weight is 556 g/mol. The van der Waals surface area contributed by atoms with Crippen LogP contribution in [0.5, 0.6) is 0 Å². The van der Waals surface area contributed by atoms with Crippen molar-refractivity contribution >= 4 is 31.9 Å². The summed E-state index contributed by atoms with van der Waals surface area (Å²) in [4.78, 5) is 0. The lowest BCUT2D eigenvalue weighted by Crippen LogP contribution is -2.51. The molecule has 0 spiro atoms. The maximum absolute atomic E-state index is 12.4. The highest BCUT2D eigenvalue weighted by Gasteiger charge is 2.59. The molecule has 0 amide bonds. The van der Waals surface area contributed by atoms with Gasteiger partial charge in [-0.05, 0) is 52.8 Å². The Balaban J connectivity index is 1.61. The minimum Gasteiger partial charge on any atom is -0.376 e. The molecule has 4 heteroatoms. The molecule has 0 aromatic heterocycles. The molecule has 0 aliphatic heterocycles. The Morgan fingerprint density at radius 2 is 1.19 bits per heavy atom. The van der Waals surface area contributed by atoms with Crippen molar-refractivity contribution < 1.29 is 10.2 Å². The third kappa shape index (κ3) is 3.10. The lowest BCUT2D eigenvalue weighted by Gasteiger charge is -2.52. The van der Waals surface area contributed by atoms with Crippen molar-refractivity contribution in [3.8, 4) is 0 Å². The highest BCUT2D eigenvalue weighted by atomic mass is 79.9. The Bertz CT molecular complexity index is 1190. The first-order chi connectivity index (χ1) is 15.4. The summed E-state index contributed by atoms with van der Waals surface area (Å²) in [6.45, 7) is 2.24. The highest BCUT2D eigenvalue weighted by Crippen LogP contribution is 2.62. The normalized spacial score (nSPS) is 22.4. The molecule has 2 atom stereocenters. The quantitative estimate of drug-likeness (QED) is 0.300. The summed E-state index contributed by atoms with van der Waals surface area (Å²) in [7, 11) is 0. The highest BCUT2D eigenvalue weighted by molar-refractivity contribution is 9.11. The van der Waals surface area contributed by atoms with Crippen molar-refractivity contribution in [2.75, 3.05) is 0 Å². The second-order valence-electron chi connectivity index (χ2n) is 9.14. The fourth-order valence-corrected chi connectivity index (χ4v) is 6.91. The van der Waals surface area contributed by atoms with Crippen LogP contribution in [0.25, 0.3) is 0 Å². The first-order valence-electron chi connectivity index (χ1n) is 11.6. The molecule has 0 saturated heterocycles. The smallest absolute Gasteiger partial charge is 0.142 e. The van der Waals surface area contributed by atoms with E-state index < -0.39 is 11.2 Å². The SMILES string of the molecule is CCCCCCCCc1ccc2c(c1)[C@@]1(O)c3ccccc3[C@@]2(O)c2c(Br)ccc(Br)c21. The van der Waals surface area contributed by atoms with E-state index in [-0.39, 0.29) is 0 Å². The topological polar surface area (TPSA) is 40.5 Å². The number of rotatable bonds is 7. The van der Waals surface area contributed by atoms with Crippen LogP contribution in [0.2, 0.25) is 0 Å². The van der Waals surface area contributed by atoms with Gasteiger partial charge in [0.2, 0.25) is 0 Å². The van der Waals surface area contributed by atoms with Crippen molar-refractivity contribution in [3.05, 3.63) is 102 Å². The molecule has 0 heterocycles.